The molecule has 0 radical (unpaired) electrons. The molecule has 0 aliphatic carbocycles. The van der Waals surface area contributed by atoms with E-state index in [-0.39, 0.29) is 17.5 Å². The maximum absolute atomic E-state index is 11.7. The molecule has 1 aromatic heterocycles. The number of nitrogens with zero attached hydrogens (tertiary/aromatic N) is 3. The van der Waals surface area contributed by atoms with E-state index in [1.54, 1.807) is 0 Å². The van der Waals surface area contributed by atoms with E-state index in [0.29, 0.717) is 18.8 Å². The van der Waals surface area contributed by atoms with Gasteiger partial charge in [0.2, 0.25) is 5.91 Å². The lowest BCUT2D eigenvalue weighted by Crippen LogP contribution is -2.26. The Morgan fingerprint density at radius 3 is 2.94 bits per heavy atom. The number of hydrogen-bond donors (Lipinski definition) is 1. The van der Waals surface area contributed by atoms with Gasteiger partial charge in [-0.2, -0.15) is 0 Å². The maximum Gasteiger partial charge on any atom is 0.356 e. The van der Waals surface area contributed by atoms with Crippen LogP contribution in [0, 0.1) is 5.92 Å². The van der Waals surface area contributed by atoms with Gasteiger partial charge in [0.05, 0.1) is 12.4 Å². The molecule has 1 fully saturated rings. The number of carbonyl (C=O) groups is 2. The van der Waals surface area contributed by atoms with E-state index in [9.17, 15) is 9.59 Å². The van der Waals surface area contributed by atoms with Crippen molar-refractivity contribution in [3.05, 3.63) is 18.1 Å². The maximum atomic E-state index is 11.7. The first kappa shape index (κ1) is 12.0. The molecule has 1 saturated heterocycles. The van der Waals surface area contributed by atoms with Gasteiger partial charge in [0, 0.05) is 18.3 Å². The molecule has 2 heterocycles. The van der Waals surface area contributed by atoms with E-state index in [2.05, 4.69) is 25.9 Å². The van der Waals surface area contributed by atoms with Gasteiger partial charge in [-0.25, -0.2) is 9.78 Å². The van der Waals surface area contributed by atoms with Gasteiger partial charge in [0.15, 0.2) is 11.5 Å². The van der Waals surface area contributed by atoms with Gasteiger partial charge in [-0.3, -0.25) is 14.7 Å². The van der Waals surface area contributed by atoms with Crippen LogP contribution in [-0.4, -0.2) is 38.8 Å². The second kappa shape index (κ2) is 4.79. The van der Waals surface area contributed by atoms with Crippen molar-refractivity contribution < 1.29 is 14.7 Å². The average Bonchev–Trinajstić information content (AvgIpc) is 2.71. The van der Waals surface area contributed by atoms with Crippen LogP contribution in [0.1, 0.15) is 16.9 Å². The molecule has 0 saturated carbocycles. The van der Waals surface area contributed by atoms with Crippen molar-refractivity contribution in [3.8, 4) is 0 Å². The highest BCUT2D eigenvalue weighted by Gasteiger charge is 2.31. The molecular formula is C10H10BrN3O3. The Morgan fingerprint density at radius 1 is 1.59 bits per heavy atom. The molecule has 90 valence electrons. The predicted octanol–water partition coefficient (Wildman–Crippen LogP) is 0.923. The summed E-state index contributed by atoms with van der Waals surface area (Å²) in [6.45, 7) is 0.543. The van der Waals surface area contributed by atoms with Crippen molar-refractivity contribution in [1.29, 1.82) is 0 Å². The number of carboxylic acids is 1. The summed E-state index contributed by atoms with van der Waals surface area (Å²) in [5.74, 6) is -0.662. The molecule has 7 heteroatoms. The first-order chi connectivity index (χ1) is 8.11. The molecular weight excluding hydrogens is 290 g/mol. The number of hydrogen-bond acceptors (Lipinski definition) is 4. The van der Waals surface area contributed by atoms with Crippen LogP contribution in [0.5, 0.6) is 0 Å². The van der Waals surface area contributed by atoms with Crippen molar-refractivity contribution >= 4 is 33.6 Å². The monoisotopic (exact) mass is 299 g/mol. The zero-order chi connectivity index (χ0) is 12.4. The van der Waals surface area contributed by atoms with Gasteiger partial charge in [-0.05, 0) is 5.92 Å². The third-order valence-electron chi connectivity index (χ3n) is 2.54. The van der Waals surface area contributed by atoms with Crippen LogP contribution in [0.4, 0.5) is 5.82 Å². The smallest absolute Gasteiger partial charge is 0.356 e. The summed E-state index contributed by atoms with van der Waals surface area (Å²) in [6.07, 6.45) is 3.01. The molecule has 1 atom stereocenters. The zero-order valence-electron chi connectivity index (χ0n) is 8.84. The van der Waals surface area contributed by atoms with Gasteiger partial charge < -0.3 is 5.11 Å². The second-order valence-corrected chi connectivity index (χ2v) is 4.44. The molecule has 6 nitrogen and oxygen atoms in total. The topological polar surface area (TPSA) is 83.4 Å². The molecule has 1 aliphatic heterocycles. The number of carboxylic acid groups (broad SMARTS) is 1. The summed E-state index contributed by atoms with van der Waals surface area (Å²) in [7, 11) is 0. The number of rotatable bonds is 3. The molecule has 0 bridgehead atoms. The Bertz CT molecular complexity index is 466. The van der Waals surface area contributed by atoms with Crippen molar-refractivity contribution in [1.82, 2.24) is 9.97 Å². The fraction of sp³-hybridized carbons (Fsp3) is 0.400. The van der Waals surface area contributed by atoms with Crippen LogP contribution >= 0.6 is 15.9 Å². The number of alkyl halides is 1. The standard InChI is InChI=1S/C10H10BrN3O3/c11-2-6-1-9(15)14(5-6)8-4-12-3-7(13-8)10(16)17/h3-4,6H,1-2,5H2,(H,16,17). The van der Waals surface area contributed by atoms with E-state index < -0.39 is 5.97 Å². The highest BCUT2D eigenvalue weighted by Crippen LogP contribution is 2.24. The van der Waals surface area contributed by atoms with E-state index in [1.165, 1.54) is 11.1 Å². The van der Waals surface area contributed by atoms with Crippen LogP contribution < -0.4 is 4.90 Å². The molecule has 17 heavy (non-hydrogen) atoms. The SMILES string of the molecule is O=C(O)c1cncc(N2CC(CBr)CC2=O)n1. The second-order valence-electron chi connectivity index (χ2n) is 3.80. The number of anilines is 1. The predicted molar refractivity (Wildman–Crippen MR) is 63.2 cm³/mol. The molecule has 1 aromatic rings. The Balaban J connectivity index is 2.25. The lowest BCUT2D eigenvalue weighted by molar-refractivity contribution is -0.117. The van der Waals surface area contributed by atoms with Crippen LogP contribution in [-0.2, 0) is 4.79 Å². The fourth-order valence-corrected chi connectivity index (χ4v) is 2.13. The molecule has 1 N–H and O–H groups in total. The average molecular weight is 300 g/mol. The molecule has 2 rings (SSSR count). The summed E-state index contributed by atoms with van der Waals surface area (Å²) in [6, 6.07) is 0. The lowest BCUT2D eigenvalue weighted by atomic mass is 10.2. The van der Waals surface area contributed by atoms with Gasteiger partial charge in [-0.1, -0.05) is 15.9 Å². The molecule has 0 spiro atoms. The fourth-order valence-electron chi connectivity index (χ4n) is 1.70. The number of carbonyl (C=O) groups excluding carboxylic acids is 1. The van der Waals surface area contributed by atoms with E-state index >= 15 is 0 Å². The Hall–Kier alpha value is -1.50. The highest BCUT2D eigenvalue weighted by atomic mass is 79.9. The number of aromatic carboxylic acids is 1. The number of aromatic nitrogens is 2. The van der Waals surface area contributed by atoms with Crippen molar-refractivity contribution in [3.63, 3.8) is 0 Å². The largest absolute Gasteiger partial charge is 0.476 e. The van der Waals surface area contributed by atoms with Crippen LogP contribution in [0.25, 0.3) is 0 Å². The van der Waals surface area contributed by atoms with Gasteiger partial charge in [0.1, 0.15) is 0 Å². The summed E-state index contributed by atoms with van der Waals surface area (Å²) in [5.41, 5.74) is -0.155. The Kier molecular flexibility index (Phi) is 3.37. The molecule has 0 aromatic carbocycles. The summed E-state index contributed by atoms with van der Waals surface area (Å²) < 4.78 is 0. The molecule has 1 aliphatic rings. The van der Waals surface area contributed by atoms with Crippen molar-refractivity contribution in [2.45, 2.75) is 6.42 Å². The van der Waals surface area contributed by atoms with Crippen molar-refractivity contribution in [2.75, 3.05) is 16.8 Å². The van der Waals surface area contributed by atoms with Gasteiger partial charge in [0.25, 0.3) is 0 Å². The lowest BCUT2D eigenvalue weighted by Gasteiger charge is -2.14. The quantitative estimate of drug-likeness (QED) is 0.839. The zero-order valence-corrected chi connectivity index (χ0v) is 10.4. The van der Waals surface area contributed by atoms with E-state index in [1.807, 2.05) is 0 Å². The van der Waals surface area contributed by atoms with Crippen molar-refractivity contribution in [2.24, 2.45) is 5.92 Å². The third-order valence-corrected chi connectivity index (χ3v) is 3.46. The first-order valence-corrected chi connectivity index (χ1v) is 6.15. The van der Waals surface area contributed by atoms with Crippen LogP contribution in [0.15, 0.2) is 12.4 Å². The van der Waals surface area contributed by atoms with Gasteiger partial charge >= 0.3 is 5.97 Å². The Morgan fingerprint density at radius 2 is 2.35 bits per heavy atom. The summed E-state index contributed by atoms with van der Waals surface area (Å²) in [5, 5.41) is 9.54. The normalized spacial score (nSPS) is 19.7. The summed E-state index contributed by atoms with van der Waals surface area (Å²) >= 11 is 3.33. The minimum absolute atomic E-state index is 0.0497. The minimum atomic E-state index is -1.15. The van der Waals surface area contributed by atoms with E-state index in [4.69, 9.17) is 5.11 Å². The molecule has 1 unspecified atom stereocenters. The highest BCUT2D eigenvalue weighted by molar-refractivity contribution is 9.09. The van der Waals surface area contributed by atoms with E-state index in [0.717, 1.165) is 11.5 Å². The van der Waals surface area contributed by atoms with Gasteiger partial charge in [-0.15, -0.1) is 0 Å². The first-order valence-electron chi connectivity index (χ1n) is 5.03. The molecule has 1 amide bonds. The number of amides is 1. The van der Waals surface area contributed by atoms with Crippen LogP contribution in [0.3, 0.4) is 0 Å². The van der Waals surface area contributed by atoms with Crippen LogP contribution in [0.2, 0.25) is 0 Å². The summed E-state index contributed by atoms with van der Waals surface area (Å²) in [4.78, 5) is 31.6. The third kappa shape index (κ3) is 2.44. The Labute approximate surface area is 106 Å². The minimum Gasteiger partial charge on any atom is -0.476 e. The number of halogens is 1.